The number of amides is 1. The molecular formula is C28H27ClN4O3. The SMILES string of the molecule is CCOc1cc(/C=N\NC(=O)c2ccc(N3CCCC3)cc2)cc(Cl)c1OCc1ccccc1C#N. The summed E-state index contributed by atoms with van der Waals surface area (Å²) in [6, 6.07) is 20.3. The minimum absolute atomic E-state index is 0.170. The average molecular weight is 503 g/mol. The number of nitriles is 1. The molecule has 1 saturated heterocycles. The fourth-order valence-corrected chi connectivity index (χ4v) is 4.27. The van der Waals surface area contributed by atoms with Crippen LogP contribution in [0.5, 0.6) is 11.5 Å². The van der Waals surface area contributed by atoms with Gasteiger partial charge >= 0.3 is 0 Å². The van der Waals surface area contributed by atoms with Gasteiger partial charge in [-0.2, -0.15) is 10.4 Å². The minimum atomic E-state index is -0.300. The van der Waals surface area contributed by atoms with E-state index in [0.29, 0.717) is 39.8 Å². The highest BCUT2D eigenvalue weighted by Crippen LogP contribution is 2.37. The first kappa shape index (κ1) is 25.1. The largest absolute Gasteiger partial charge is 0.490 e. The molecule has 7 nitrogen and oxygen atoms in total. The summed E-state index contributed by atoms with van der Waals surface area (Å²) in [6.45, 7) is 4.55. The molecule has 36 heavy (non-hydrogen) atoms. The van der Waals surface area contributed by atoms with Crippen LogP contribution in [0.25, 0.3) is 0 Å². The number of carbonyl (C=O) groups excluding carboxylic acids is 1. The molecular weight excluding hydrogens is 476 g/mol. The Balaban J connectivity index is 1.42. The summed E-state index contributed by atoms with van der Waals surface area (Å²) in [7, 11) is 0. The van der Waals surface area contributed by atoms with Crippen LogP contribution in [0.15, 0.2) is 65.8 Å². The number of nitrogens with one attached hydrogen (secondary N) is 1. The number of hydrazone groups is 1. The van der Waals surface area contributed by atoms with E-state index in [1.165, 1.54) is 19.1 Å². The van der Waals surface area contributed by atoms with Crippen molar-refractivity contribution >= 4 is 29.4 Å². The van der Waals surface area contributed by atoms with Crippen LogP contribution in [-0.4, -0.2) is 31.8 Å². The summed E-state index contributed by atoms with van der Waals surface area (Å²) in [4.78, 5) is 14.8. The molecule has 0 saturated carbocycles. The van der Waals surface area contributed by atoms with Crippen LogP contribution in [0.1, 0.15) is 46.8 Å². The topological polar surface area (TPSA) is 86.9 Å². The third kappa shape index (κ3) is 6.15. The summed E-state index contributed by atoms with van der Waals surface area (Å²) in [5.41, 5.74) is 6.14. The zero-order valence-electron chi connectivity index (χ0n) is 20.0. The Hall–Kier alpha value is -4.02. The minimum Gasteiger partial charge on any atom is -0.490 e. The van der Waals surface area contributed by atoms with Gasteiger partial charge in [-0.15, -0.1) is 0 Å². The van der Waals surface area contributed by atoms with Crippen molar-refractivity contribution in [1.29, 1.82) is 5.26 Å². The van der Waals surface area contributed by atoms with Crippen molar-refractivity contribution < 1.29 is 14.3 Å². The molecule has 0 bridgehead atoms. The van der Waals surface area contributed by atoms with Gasteiger partial charge < -0.3 is 14.4 Å². The molecule has 1 aliphatic rings. The lowest BCUT2D eigenvalue weighted by molar-refractivity contribution is 0.0955. The third-order valence-corrected chi connectivity index (χ3v) is 6.10. The number of rotatable bonds is 9. The Morgan fingerprint density at radius 3 is 2.61 bits per heavy atom. The van der Waals surface area contributed by atoms with Crippen molar-refractivity contribution in [2.45, 2.75) is 26.4 Å². The van der Waals surface area contributed by atoms with Gasteiger partial charge in [0.1, 0.15) is 6.61 Å². The predicted molar refractivity (Wildman–Crippen MR) is 141 cm³/mol. The van der Waals surface area contributed by atoms with Crippen molar-refractivity contribution in [3.05, 3.63) is 87.9 Å². The molecule has 4 rings (SSSR count). The number of halogens is 1. The van der Waals surface area contributed by atoms with Crippen LogP contribution in [0, 0.1) is 11.3 Å². The molecule has 184 valence electrons. The van der Waals surface area contributed by atoms with E-state index in [1.54, 1.807) is 36.4 Å². The molecule has 1 heterocycles. The Kier molecular flexibility index (Phi) is 8.43. The Labute approximate surface area is 215 Å². The normalized spacial score (nSPS) is 13.0. The van der Waals surface area contributed by atoms with Crippen LogP contribution < -0.4 is 19.8 Å². The third-order valence-electron chi connectivity index (χ3n) is 5.82. The predicted octanol–water partition coefficient (Wildman–Crippen LogP) is 5.55. The molecule has 0 atom stereocenters. The summed E-state index contributed by atoms with van der Waals surface area (Å²) >= 11 is 6.49. The van der Waals surface area contributed by atoms with Crippen molar-refractivity contribution in [3.63, 3.8) is 0 Å². The van der Waals surface area contributed by atoms with Crippen LogP contribution in [-0.2, 0) is 6.61 Å². The first-order chi connectivity index (χ1) is 17.6. The zero-order valence-corrected chi connectivity index (χ0v) is 20.8. The number of ether oxygens (including phenoxy) is 2. The lowest BCUT2D eigenvalue weighted by Crippen LogP contribution is -2.19. The molecule has 0 spiro atoms. The van der Waals surface area contributed by atoms with Crippen molar-refractivity contribution in [3.8, 4) is 17.6 Å². The van der Waals surface area contributed by atoms with Crippen LogP contribution >= 0.6 is 11.6 Å². The van der Waals surface area contributed by atoms with Gasteiger partial charge in [0.25, 0.3) is 5.91 Å². The Morgan fingerprint density at radius 1 is 1.14 bits per heavy atom. The van der Waals surface area contributed by atoms with Gasteiger partial charge in [-0.1, -0.05) is 29.8 Å². The lowest BCUT2D eigenvalue weighted by atomic mass is 10.1. The number of nitrogens with zero attached hydrogens (tertiary/aromatic N) is 3. The number of hydrogen-bond acceptors (Lipinski definition) is 6. The molecule has 1 fully saturated rings. The highest BCUT2D eigenvalue weighted by molar-refractivity contribution is 6.32. The Morgan fingerprint density at radius 2 is 1.89 bits per heavy atom. The fraction of sp³-hybridized carbons (Fsp3) is 0.250. The Bertz CT molecular complexity index is 1280. The van der Waals surface area contributed by atoms with Gasteiger partial charge in [-0.05, 0) is 67.8 Å². The maximum absolute atomic E-state index is 12.5. The second-order valence-electron chi connectivity index (χ2n) is 8.26. The van der Waals surface area contributed by atoms with E-state index in [4.69, 9.17) is 21.1 Å². The molecule has 0 aromatic heterocycles. The molecule has 8 heteroatoms. The monoisotopic (exact) mass is 502 g/mol. The molecule has 1 N–H and O–H groups in total. The van der Waals surface area contributed by atoms with Gasteiger partial charge in [0, 0.05) is 29.9 Å². The number of anilines is 1. The standard InChI is InChI=1S/C28H27ClN4O3/c1-2-35-26-16-20(15-25(29)27(26)36-19-23-8-4-3-7-22(23)17-30)18-31-32-28(34)21-9-11-24(12-10-21)33-13-5-6-14-33/h3-4,7-12,15-16,18H,2,5-6,13-14,19H2,1H3,(H,32,34)/b31-18-. The van der Waals surface area contributed by atoms with E-state index >= 15 is 0 Å². The van der Waals surface area contributed by atoms with Gasteiger partial charge in [0.2, 0.25) is 0 Å². The van der Waals surface area contributed by atoms with Crippen LogP contribution in [0.2, 0.25) is 5.02 Å². The van der Waals surface area contributed by atoms with E-state index in [-0.39, 0.29) is 12.5 Å². The second kappa shape index (κ2) is 12.1. The molecule has 0 radical (unpaired) electrons. The maximum atomic E-state index is 12.5. The highest BCUT2D eigenvalue weighted by atomic mass is 35.5. The van der Waals surface area contributed by atoms with Crippen molar-refractivity contribution in [2.24, 2.45) is 5.10 Å². The second-order valence-corrected chi connectivity index (χ2v) is 8.67. The van der Waals surface area contributed by atoms with E-state index in [0.717, 1.165) is 24.3 Å². The maximum Gasteiger partial charge on any atom is 0.271 e. The lowest BCUT2D eigenvalue weighted by Gasteiger charge is -2.17. The van der Waals surface area contributed by atoms with E-state index in [1.807, 2.05) is 31.2 Å². The zero-order chi connectivity index (χ0) is 25.3. The van der Waals surface area contributed by atoms with Crippen molar-refractivity contribution in [1.82, 2.24) is 5.43 Å². The highest BCUT2D eigenvalue weighted by Gasteiger charge is 2.15. The van der Waals surface area contributed by atoms with Gasteiger partial charge in [-0.25, -0.2) is 5.43 Å². The average Bonchev–Trinajstić information content (AvgIpc) is 3.44. The van der Waals surface area contributed by atoms with Crippen LogP contribution in [0.3, 0.4) is 0 Å². The number of benzene rings is 3. The summed E-state index contributed by atoms with van der Waals surface area (Å²) < 4.78 is 11.7. The molecule has 0 aliphatic carbocycles. The molecule has 0 unspecified atom stereocenters. The van der Waals surface area contributed by atoms with E-state index in [9.17, 15) is 10.1 Å². The summed E-state index contributed by atoms with van der Waals surface area (Å²) in [5, 5.41) is 13.7. The molecule has 1 aliphatic heterocycles. The van der Waals surface area contributed by atoms with E-state index < -0.39 is 0 Å². The van der Waals surface area contributed by atoms with Gasteiger partial charge in [0.15, 0.2) is 11.5 Å². The molecule has 1 amide bonds. The molecule has 3 aromatic rings. The van der Waals surface area contributed by atoms with Crippen LogP contribution in [0.4, 0.5) is 5.69 Å². The molecule has 3 aromatic carbocycles. The van der Waals surface area contributed by atoms with E-state index in [2.05, 4.69) is 21.5 Å². The fourth-order valence-electron chi connectivity index (χ4n) is 4.00. The van der Waals surface area contributed by atoms with Gasteiger partial charge in [0.05, 0.1) is 29.5 Å². The quantitative estimate of drug-likeness (QED) is 0.306. The smallest absolute Gasteiger partial charge is 0.271 e. The number of hydrogen-bond donors (Lipinski definition) is 1. The first-order valence-electron chi connectivity index (χ1n) is 11.8. The van der Waals surface area contributed by atoms with Gasteiger partial charge in [-0.3, -0.25) is 4.79 Å². The summed E-state index contributed by atoms with van der Waals surface area (Å²) in [6.07, 6.45) is 3.90. The number of carbonyl (C=O) groups is 1. The van der Waals surface area contributed by atoms with Crippen molar-refractivity contribution in [2.75, 3.05) is 24.6 Å². The first-order valence-corrected chi connectivity index (χ1v) is 12.2. The summed E-state index contributed by atoms with van der Waals surface area (Å²) in [5.74, 6) is 0.529.